The Labute approximate surface area is 246 Å². The number of hydrogen-bond acceptors (Lipinski definition) is 10. The summed E-state index contributed by atoms with van der Waals surface area (Å²) in [5, 5.41) is 2.77. The van der Waals surface area contributed by atoms with Crippen molar-refractivity contribution in [2.45, 2.75) is 25.7 Å². The van der Waals surface area contributed by atoms with Crippen molar-refractivity contribution >= 4 is 57.1 Å². The van der Waals surface area contributed by atoms with E-state index in [1.165, 1.54) is 45.9 Å². The van der Waals surface area contributed by atoms with Crippen LogP contribution in [0.15, 0.2) is 83.1 Å². The van der Waals surface area contributed by atoms with Crippen molar-refractivity contribution in [3.63, 3.8) is 0 Å². The van der Waals surface area contributed by atoms with Gasteiger partial charge < -0.3 is 19.1 Å². The van der Waals surface area contributed by atoms with Crippen molar-refractivity contribution in [2.24, 2.45) is 5.18 Å². The second-order valence-corrected chi connectivity index (χ2v) is 11.7. The SMILES string of the molecule is O=Nc1ccc(OC(=O)OCCSSCCOC(=O)CCC(=O)N2CC3=CCCC=C3/C=C\c3ccccc32)cc1. The van der Waals surface area contributed by atoms with Gasteiger partial charge in [-0.05, 0) is 65.1 Å². The van der Waals surface area contributed by atoms with Crippen molar-refractivity contribution in [3.05, 3.63) is 88.4 Å². The zero-order valence-corrected chi connectivity index (χ0v) is 24.0. The molecule has 2 aromatic rings. The number of amides is 1. The Morgan fingerprint density at radius 3 is 2.37 bits per heavy atom. The predicted octanol–water partition coefficient (Wildman–Crippen LogP) is 7.01. The number of carbonyl (C=O) groups excluding carboxylic acids is 3. The molecular weight excluding hydrogens is 564 g/mol. The first-order valence-electron chi connectivity index (χ1n) is 13.2. The van der Waals surface area contributed by atoms with Crippen molar-refractivity contribution < 1.29 is 28.6 Å². The molecule has 0 spiro atoms. The van der Waals surface area contributed by atoms with Crippen LogP contribution in [-0.2, 0) is 19.1 Å². The number of benzene rings is 2. The quantitative estimate of drug-likeness (QED) is 0.0842. The zero-order valence-electron chi connectivity index (χ0n) is 22.4. The summed E-state index contributed by atoms with van der Waals surface area (Å²) < 4.78 is 15.3. The van der Waals surface area contributed by atoms with Gasteiger partial charge in [0.05, 0.1) is 18.7 Å². The lowest BCUT2D eigenvalue weighted by atomic mass is 9.94. The fourth-order valence-electron chi connectivity index (χ4n) is 4.19. The number of fused-ring (bicyclic) bond motifs is 2. The number of rotatable bonds is 12. The van der Waals surface area contributed by atoms with Gasteiger partial charge in [-0.15, -0.1) is 4.91 Å². The maximum Gasteiger partial charge on any atom is 0.513 e. The number of hydrogen-bond donors (Lipinski definition) is 0. The third-order valence-electron chi connectivity index (χ3n) is 6.18. The molecule has 1 heterocycles. The van der Waals surface area contributed by atoms with E-state index < -0.39 is 12.1 Å². The normalized spacial score (nSPS) is 14.7. The first-order valence-corrected chi connectivity index (χ1v) is 15.7. The lowest BCUT2D eigenvalue weighted by Crippen LogP contribution is -2.34. The van der Waals surface area contributed by atoms with E-state index in [1.807, 2.05) is 30.3 Å². The van der Waals surface area contributed by atoms with Crippen LogP contribution in [0.25, 0.3) is 6.08 Å². The summed E-state index contributed by atoms with van der Waals surface area (Å²) in [6, 6.07) is 13.6. The Morgan fingerprint density at radius 1 is 0.854 bits per heavy atom. The number of carbonyl (C=O) groups is 3. The first-order chi connectivity index (χ1) is 20.0. The lowest BCUT2D eigenvalue weighted by Gasteiger charge is -2.29. The van der Waals surface area contributed by atoms with Gasteiger partial charge in [-0.3, -0.25) is 9.59 Å². The molecule has 0 aromatic heterocycles. The summed E-state index contributed by atoms with van der Waals surface area (Å²) in [4.78, 5) is 49.4. The molecule has 9 nitrogen and oxygen atoms in total. The number of allylic oxidation sites excluding steroid dienone is 3. The van der Waals surface area contributed by atoms with Crippen LogP contribution in [0.3, 0.4) is 0 Å². The fourth-order valence-corrected chi connectivity index (χ4v) is 5.85. The van der Waals surface area contributed by atoms with Gasteiger partial charge in [-0.25, -0.2) is 4.79 Å². The highest BCUT2D eigenvalue weighted by Gasteiger charge is 2.23. The van der Waals surface area contributed by atoms with Crippen molar-refractivity contribution in [2.75, 3.05) is 36.2 Å². The summed E-state index contributed by atoms with van der Waals surface area (Å²) in [5.41, 5.74) is 4.31. The van der Waals surface area contributed by atoms with Crippen LogP contribution >= 0.6 is 21.6 Å². The van der Waals surface area contributed by atoms with Gasteiger partial charge in [0.25, 0.3) is 0 Å². The van der Waals surface area contributed by atoms with Crippen LogP contribution in [0.4, 0.5) is 16.2 Å². The smallest absolute Gasteiger partial charge is 0.465 e. The Hall–Kier alpha value is -3.83. The van der Waals surface area contributed by atoms with E-state index in [0.717, 1.165) is 35.2 Å². The van der Waals surface area contributed by atoms with Gasteiger partial charge >= 0.3 is 12.1 Å². The van der Waals surface area contributed by atoms with Crippen LogP contribution in [-0.4, -0.2) is 49.3 Å². The highest BCUT2D eigenvalue weighted by atomic mass is 33.1. The number of nitrogens with zero attached hydrogens (tertiary/aromatic N) is 2. The van der Waals surface area contributed by atoms with E-state index in [1.54, 1.807) is 4.90 Å². The third-order valence-corrected chi connectivity index (χ3v) is 8.51. The highest BCUT2D eigenvalue weighted by molar-refractivity contribution is 8.76. The monoisotopic (exact) mass is 594 g/mol. The molecule has 11 heteroatoms. The van der Waals surface area contributed by atoms with Crippen molar-refractivity contribution in [1.29, 1.82) is 0 Å². The topological polar surface area (TPSA) is 112 Å². The van der Waals surface area contributed by atoms with E-state index in [2.05, 4.69) is 23.4 Å². The molecule has 1 amide bonds. The summed E-state index contributed by atoms with van der Waals surface area (Å²) >= 11 is 0. The molecule has 1 aliphatic carbocycles. The molecule has 2 aliphatic rings. The van der Waals surface area contributed by atoms with E-state index in [9.17, 15) is 19.3 Å². The second kappa shape index (κ2) is 15.8. The molecule has 0 saturated carbocycles. The van der Waals surface area contributed by atoms with E-state index in [4.69, 9.17) is 14.2 Å². The molecule has 0 atom stereocenters. The minimum Gasteiger partial charge on any atom is -0.465 e. The number of ether oxygens (including phenoxy) is 3. The van der Waals surface area contributed by atoms with E-state index in [0.29, 0.717) is 18.1 Å². The largest absolute Gasteiger partial charge is 0.513 e. The van der Waals surface area contributed by atoms with E-state index >= 15 is 0 Å². The standard InChI is InChI=1S/C30H30N2O7S2/c33-28(32-21-24-7-2-1-5-22(24)9-10-23-6-3-4-8-27(23)32)15-16-29(34)37-17-19-40-41-20-18-38-30(35)39-26-13-11-25(31-36)12-14-26/h3-14H,1-2,15-21H2/b10-9-. The zero-order chi connectivity index (χ0) is 28.9. The van der Waals surface area contributed by atoms with E-state index in [-0.39, 0.29) is 43.4 Å². The van der Waals surface area contributed by atoms with Crippen LogP contribution in [0.1, 0.15) is 31.2 Å². The molecule has 2 aromatic carbocycles. The van der Waals surface area contributed by atoms with Crippen LogP contribution in [0.2, 0.25) is 0 Å². The molecule has 1 aliphatic heterocycles. The highest BCUT2D eigenvalue weighted by Crippen LogP contribution is 2.31. The minimum absolute atomic E-state index is 0.0111. The van der Waals surface area contributed by atoms with Gasteiger partial charge in [-0.1, -0.05) is 64.1 Å². The average molecular weight is 595 g/mol. The van der Waals surface area contributed by atoms with Gasteiger partial charge in [0.15, 0.2) is 0 Å². The Morgan fingerprint density at radius 2 is 1.59 bits per heavy atom. The average Bonchev–Trinajstić information content (AvgIpc) is 2.99. The molecule has 214 valence electrons. The molecule has 0 fully saturated rings. The number of nitroso groups, excluding NO2 is 1. The maximum atomic E-state index is 13.2. The molecule has 0 bridgehead atoms. The van der Waals surface area contributed by atoms with Crippen molar-refractivity contribution in [1.82, 2.24) is 0 Å². The van der Waals surface area contributed by atoms with Crippen LogP contribution in [0.5, 0.6) is 5.75 Å². The number of para-hydroxylation sites is 1. The second-order valence-electron chi connectivity index (χ2n) is 8.99. The Bertz CT molecular complexity index is 1340. The first kappa shape index (κ1) is 30.1. The fraction of sp³-hybridized carbons (Fsp3) is 0.300. The summed E-state index contributed by atoms with van der Waals surface area (Å²) in [6.07, 6.45) is 9.71. The lowest BCUT2D eigenvalue weighted by molar-refractivity contribution is -0.144. The van der Waals surface area contributed by atoms with Gasteiger partial charge in [0, 0.05) is 17.9 Å². The minimum atomic E-state index is -0.839. The van der Waals surface area contributed by atoms with Crippen molar-refractivity contribution in [3.8, 4) is 5.75 Å². The molecule has 0 radical (unpaired) electrons. The summed E-state index contributed by atoms with van der Waals surface area (Å²) in [6.45, 7) is 0.843. The number of esters is 1. The summed E-state index contributed by atoms with van der Waals surface area (Å²) in [7, 11) is 2.95. The Balaban J connectivity index is 1.11. The molecule has 0 unspecified atom stereocenters. The number of anilines is 1. The van der Waals surface area contributed by atoms with Gasteiger partial charge in [0.1, 0.15) is 24.7 Å². The maximum absolute atomic E-state index is 13.2. The van der Waals surface area contributed by atoms with Crippen LogP contribution < -0.4 is 9.64 Å². The Kier molecular flexibility index (Phi) is 11.6. The molecule has 4 rings (SSSR count). The molecular formula is C30H30N2O7S2. The summed E-state index contributed by atoms with van der Waals surface area (Å²) in [5.74, 6) is 0.806. The molecule has 0 saturated heterocycles. The predicted molar refractivity (Wildman–Crippen MR) is 162 cm³/mol. The van der Waals surface area contributed by atoms with Crippen LogP contribution in [0, 0.1) is 4.91 Å². The van der Waals surface area contributed by atoms with Gasteiger partial charge in [0.2, 0.25) is 5.91 Å². The molecule has 41 heavy (non-hydrogen) atoms. The third kappa shape index (κ3) is 9.36. The molecule has 0 N–H and O–H groups in total. The van der Waals surface area contributed by atoms with Gasteiger partial charge in [-0.2, -0.15) is 0 Å².